The van der Waals surface area contributed by atoms with Crippen LogP contribution in [0.15, 0.2) is 18.2 Å². The van der Waals surface area contributed by atoms with Crippen molar-refractivity contribution in [2.75, 3.05) is 19.5 Å². The van der Waals surface area contributed by atoms with Gasteiger partial charge in [0.05, 0.1) is 26.3 Å². The molecule has 2 aromatic rings. The first kappa shape index (κ1) is 14.8. The van der Waals surface area contributed by atoms with E-state index in [0.29, 0.717) is 16.6 Å². The first-order valence-electron chi connectivity index (χ1n) is 7.19. The molecule has 1 heterocycles. The van der Waals surface area contributed by atoms with E-state index in [4.69, 9.17) is 9.47 Å². The summed E-state index contributed by atoms with van der Waals surface area (Å²) >= 11 is 1.58. The number of rotatable bonds is 5. The summed E-state index contributed by atoms with van der Waals surface area (Å²) in [6.07, 6.45) is 3.52. The lowest BCUT2D eigenvalue weighted by Crippen LogP contribution is -2.15. The van der Waals surface area contributed by atoms with Crippen LogP contribution in [0.3, 0.4) is 0 Å². The number of benzene rings is 1. The molecule has 1 aromatic carbocycles. The summed E-state index contributed by atoms with van der Waals surface area (Å²) in [4.78, 5) is 18.0. The summed E-state index contributed by atoms with van der Waals surface area (Å²) < 4.78 is 10.5. The Labute approximate surface area is 133 Å². The Balaban J connectivity index is 1.68. The molecule has 6 heteroatoms. The monoisotopic (exact) mass is 318 g/mol. The number of carbonyl (C=O) groups is 1. The largest absolute Gasteiger partial charge is 0.497 e. The lowest BCUT2D eigenvalue weighted by Gasteiger charge is -2.10. The quantitative estimate of drug-likeness (QED) is 0.921. The van der Waals surface area contributed by atoms with Crippen molar-refractivity contribution in [1.82, 2.24) is 4.98 Å². The van der Waals surface area contributed by atoms with Crippen LogP contribution in [0, 0.1) is 0 Å². The van der Waals surface area contributed by atoms with E-state index in [1.54, 1.807) is 31.6 Å². The number of methoxy groups -OCH3 is 2. The fourth-order valence-corrected chi connectivity index (χ4v) is 3.64. The standard InChI is InChI=1S/C16H18N2O3S/c1-20-11-7-6-10(13(9-11)21-2)8-15(19)18-16-17-12-4-3-5-14(12)22-16/h6-7,9H,3-5,8H2,1-2H3,(H,17,18,19). The van der Waals surface area contributed by atoms with Crippen molar-refractivity contribution in [3.63, 3.8) is 0 Å². The predicted octanol–water partition coefficient (Wildman–Crippen LogP) is 2.83. The molecular weight excluding hydrogens is 300 g/mol. The van der Waals surface area contributed by atoms with Gasteiger partial charge in [0.25, 0.3) is 0 Å². The summed E-state index contributed by atoms with van der Waals surface area (Å²) in [5, 5.41) is 3.58. The minimum absolute atomic E-state index is 0.0871. The van der Waals surface area contributed by atoms with Gasteiger partial charge < -0.3 is 14.8 Å². The molecule has 0 atom stereocenters. The molecule has 116 valence electrons. The molecular formula is C16H18N2O3S. The molecule has 22 heavy (non-hydrogen) atoms. The number of hydrogen-bond donors (Lipinski definition) is 1. The molecule has 0 saturated heterocycles. The third kappa shape index (κ3) is 3.06. The van der Waals surface area contributed by atoms with Crippen LogP contribution in [0.5, 0.6) is 11.5 Å². The van der Waals surface area contributed by atoms with Crippen LogP contribution in [0.4, 0.5) is 5.13 Å². The summed E-state index contributed by atoms with van der Waals surface area (Å²) in [7, 11) is 3.18. The fraction of sp³-hybridized carbons (Fsp3) is 0.375. The van der Waals surface area contributed by atoms with Gasteiger partial charge in [-0.15, -0.1) is 11.3 Å². The van der Waals surface area contributed by atoms with E-state index in [2.05, 4.69) is 10.3 Å². The number of anilines is 1. The lowest BCUT2D eigenvalue weighted by atomic mass is 10.1. The van der Waals surface area contributed by atoms with Crippen molar-refractivity contribution in [3.8, 4) is 11.5 Å². The summed E-state index contributed by atoms with van der Waals surface area (Å²) in [6.45, 7) is 0. The van der Waals surface area contributed by atoms with E-state index in [1.165, 1.54) is 11.3 Å². The van der Waals surface area contributed by atoms with Crippen molar-refractivity contribution in [3.05, 3.63) is 34.3 Å². The van der Waals surface area contributed by atoms with E-state index < -0.39 is 0 Å². The van der Waals surface area contributed by atoms with Crippen molar-refractivity contribution in [1.29, 1.82) is 0 Å². The molecule has 0 saturated carbocycles. The van der Waals surface area contributed by atoms with E-state index in [-0.39, 0.29) is 12.3 Å². The van der Waals surface area contributed by atoms with Gasteiger partial charge in [-0.2, -0.15) is 0 Å². The van der Waals surface area contributed by atoms with Crippen LogP contribution in [0.25, 0.3) is 0 Å². The topological polar surface area (TPSA) is 60.5 Å². The van der Waals surface area contributed by atoms with Crippen LogP contribution in [-0.4, -0.2) is 25.1 Å². The number of fused-ring (bicyclic) bond motifs is 1. The first-order chi connectivity index (χ1) is 10.7. The molecule has 0 fully saturated rings. The third-order valence-corrected chi connectivity index (χ3v) is 4.76. The van der Waals surface area contributed by atoms with E-state index in [9.17, 15) is 4.79 Å². The molecule has 0 bridgehead atoms. The second kappa shape index (κ2) is 6.36. The van der Waals surface area contributed by atoms with E-state index in [1.807, 2.05) is 12.1 Å². The third-order valence-electron chi connectivity index (χ3n) is 3.69. The minimum atomic E-state index is -0.0871. The Bertz CT molecular complexity index is 675. The molecule has 1 aromatic heterocycles. The minimum Gasteiger partial charge on any atom is -0.497 e. The van der Waals surface area contributed by atoms with E-state index in [0.717, 1.165) is 24.1 Å². The van der Waals surface area contributed by atoms with Crippen LogP contribution < -0.4 is 14.8 Å². The number of amides is 1. The van der Waals surface area contributed by atoms with Crippen LogP contribution in [0.1, 0.15) is 22.6 Å². The Morgan fingerprint density at radius 1 is 1.32 bits per heavy atom. The summed E-state index contributed by atoms with van der Waals surface area (Å²) in [5.74, 6) is 1.27. The average molecular weight is 318 g/mol. The van der Waals surface area contributed by atoms with Gasteiger partial charge in [0.2, 0.25) is 5.91 Å². The second-order valence-electron chi connectivity index (χ2n) is 5.15. The predicted molar refractivity (Wildman–Crippen MR) is 86.0 cm³/mol. The Kier molecular flexibility index (Phi) is 4.29. The van der Waals surface area contributed by atoms with Gasteiger partial charge in [0, 0.05) is 16.5 Å². The first-order valence-corrected chi connectivity index (χ1v) is 8.00. The molecule has 1 N–H and O–H groups in total. The van der Waals surface area contributed by atoms with E-state index >= 15 is 0 Å². The highest BCUT2D eigenvalue weighted by molar-refractivity contribution is 7.15. The van der Waals surface area contributed by atoms with Crippen molar-refractivity contribution < 1.29 is 14.3 Å². The Morgan fingerprint density at radius 3 is 2.91 bits per heavy atom. The molecule has 1 aliphatic carbocycles. The Hall–Kier alpha value is -2.08. The van der Waals surface area contributed by atoms with Gasteiger partial charge in [-0.25, -0.2) is 4.98 Å². The number of ether oxygens (including phenoxy) is 2. The molecule has 0 aliphatic heterocycles. The number of aromatic nitrogens is 1. The van der Waals surface area contributed by atoms with Gasteiger partial charge in [-0.3, -0.25) is 4.79 Å². The molecule has 0 radical (unpaired) electrons. The number of carbonyl (C=O) groups excluding carboxylic acids is 1. The number of nitrogens with one attached hydrogen (secondary N) is 1. The highest BCUT2D eigenvalue weighted by Crippen LogP contribution is 2.31. The summed E-state index contributed by atoms with van der Waals surface area (Å²) in [5.41, 5.74) is 1.97. The van der Waals surface area contributed by atoms with Gasteiger partial charge in [-0.1, -0.05) is 6.07 Å². The molecule has 1 aliphatic rings. The normalized spacial score (nSPS) is 12.8. The maximum Gasteiger partial charge on any atom is 0.230 e. The molecule has 0 spiro atoms. The zero-order valence-electron chi connectivity index (χ0n) is 12.6. The van der Waals surface area contributed by atoms with Gasteiger partial charge in [0.1, 0.15) is 11.5 Å². The zero-order chi connectivity index (χ0) is 15.5. The van der Waals surface area contributed by atoms with Crippen molar-refractivity contribution in [2.24, 2.45) is 0 Å². The molecule has 1 amide bonds. The smallest absolute Gasteiger partial charge is 0.230 e. The highest BCUT2D eigenvalue weighted by Gasteiger charge is 2.18. The molecule has 5 nitrogen and oxygen atoms in total. The lowest BCUT2D eigenvalue weighted by molar-refractivity contribution is -0.115. The van der Waals surface area contributed by atoms with Crippen molar-refractivity contribution in [2.45, 2.75) is 25.7 Å². The maximum absolute atomic E-state index is 12.2. The van der Waals surface area contributed by atoms with Crippen molar-refractivity contribution >= 4 is 22.4 Å². The molecule has 3 rings (SSSR count). The van der Waals surface area contributed by atoms with Crippen LogP contribution in [-0.2, 0) is 24.1 Å². The average Bonchev–Trinajstić information content (AvgIpc) is 3.08. The number of thiazole rings is 1. The van der Waals surface area contributed by atoms with Gasteiger partial charge >= 0.3 is 0 Å². The second-order valence-corrected chi connectivity index (χ2v) is 6.23. The number of aryl methyl sites for hydroxylation is 2. The van der Waals surface area contributed by atoms with Gasteiger partial charge in [0.15, 0.2) is 5.13 Å². The number of hydrogen-bond acceptors (Lipinski definition) is 5. The Morgan fingerprint density at radius 2 is 2.18 bits per heavy atom. The highest BCUT2D eigenvalue weighted by atomic mass is 32.1. The van der Waals surface area contributed by atoms with Gasteiger partial charge in [-0.05, 0) is 25.3 Å². The summed E-state index contributed by atoms with van der Waals surface area (Å²) in [6, 6.07) is 5.45. The maximum atomic E-state index is 12.2. The SMILES string of the molecule is COc1ccc(CC(=O)Nc2nc3c(s2)CCC3)c(OC)c1. The fourth-order valence-electron chi connectivity index (χ4n) is 2.58. The number of nitrogens with zero attached hydrogens (tertiary/aromatic N) is 1. The molecule has 0 unspecified atom stereocenters. The zero-order valence-corrected chi connectivity index (χ0v) is 13.5. The van der Waals surface area contributed by atoms with Crippen LogP contribution in [0.2, 0.25) is 0 Å². The van der Waals surface area contributed by atoms with Crippen LogP contribution >= 0.6 is 11.3 Å².